The molecule has 0 N–H and O–H groups in total. The molecule has 0 amide bonds. The van der Waals surface area contributed by atoms with Crippen LogP contribution in [0.15, 0.2) is 30.3 Å². The van der Waals surface area contributed by atoms with Crippen molar-refractivity contribution in [3.8, 4) is 0 Å². The van der Waals surface area contributed by atoms with Crippen molar-refractivity contribution < 1.29 is 28.5 Å². The Morgan fingerprint density at radius 3 is 2.68 bits per heavy atom. The van der Waals surface area contributed by atoms with E-state index in [1.807, 2.05) is 19.9 Å². The van der Waals surface area contributed by atoms with Gasteiger partial charge in [0.2, 0.25) is 0 Å². The predicted molar refractivity (Wildman–Crippen MR) is 74.1 cm³/mol. The van der Waals surface area contributed by atoms with Crippen LogP contribution in [0.4, 0.5) is 0 Å². The molecule has 0 saturated carbocycles. The highest BCUT2D eigenvalue weighted by Crippen LogP contribution is 2.41. The summed E-state index contributed by atoms with van der Waals surface area (Å²) >= 11 is 0. The van der Waals surface area contributed by atoms with Gasteiger partial charge in [-0.05, 0) is 26.0 Å². The standard InChI is InChI=1S/C16H18O6/c1-16(2)21-12-11(10-8-18-15(19-10)13(12)22-16)20-14(17)9-6-4-3-5-7-9/h3-7,10-13,15H,8H2,1-2H3/t10-,11-,12+,13+,15-/m1/s1. The highest BCUT2D eigenvalue weighted by atomic mass is 16.8. The third-order valence-corrected chi connectivity index (χ3v) is 4.11. The molecule has 0 unspecified atom stereocenters. The molecular formula is C16H18O6. The number of esters is 1. The van der Waals surface area contributed by atoms with Gasteiger partial charge in [0.05, 0.1) is 12.2 Å². The first-order chi connectivity index (χ1) is 10.5. The second kappa shape index (κ2) is 5.03. The lowest BCUT2D eigenvalue weighted by Gasteiger charge is -2.34. The Hall–Kier alpha value is -1.47. The van der Waals surface area contributed by atoms with Gasteiger partial charge in [-0.3, -0.25) is 0 Å². The van der Waals surface area contributed by atoms with Gasteiger partial charge in [-0.2, -0.15) is 0 Å². The highest BCUT2D eigenvalue weighted by molar-refractivity contribution is 5.89. The van der Waals surface area contributed by atoms with Gasteiger partial charge in [0, 0.05) is 0 Å². The zero-order valence-electron chi connectivity index (χ0n) is 12.4. The normalized spacial score (nSPS) is 38.5. The van der Waals surface area contributed by atoms with Crippen molar-refractivity contribution in [2.24, 2.45) is 0 Å². The molecule has 3 saturated heterocycles. The minimum absolute atomic E-state index is 0.323. The lowest BCUT2D eigenvalue weighted by atomic mass is 10.0. The minimum Gasteiger partial charge on any atom is -0.453 e. The maximum absolute atomic E-state index is 12.3. The van der Waals surface area contributed by atoms with Gasteiger partial charge in [0.1, 0.15) is 18.3 Å². The highest BCUT2D eigenvalue weighted by Gasteiger charge is 2.60. The van der Waals surface area contributed by atoms with Gasteiger partial charge in [-0.25, -0.2) is 4.79 Å². The molecule has 0 radical (unpaired) electrons. The Bertz CT molecular complexity index is 571. The average Bonchev–Trinajstić information content (AvgIpc) is 3.07. The number of rotatable bonds is 2. The Kier molecular flexibility index (Phi) is 3.23. The van der Waals surface area contributed by atoms with Crippen LogP contribution in [0.1, 0.15) is 24.2 Å². The molecule has 3 aliphatic rings. The lowest BCUT2D eigenvalue weighted by Crippen LogP contribution is -2.54. The molecule has 2 bridgehead atoms. The fourth-order valence-corrected chi connectivity index (χ4v) is 3.19. The first-order valence-electron chi connectivity index (χ1n) is 7.42. The van der Waals surface area contributed by atoms with Crippen molar-refractivity contribution in [3.05, 3.63) is 35.9 Å². The summed E-state index contributed by atoms with van der Waals surface area (Å²) < 4.78 is 28.8. The summed E-state index contributed by atoms with van der Waals surface area (Å²) in [6.07, 6.45) is -2.09. The zero-order chi connectivity index (χ0) is 15.3. The van der Waals surface area contributed by atoms with Crippen LogP contribution in [0, 0.1) is 0 Å². The monoisotopic (exact) mass is 306 g/mol. The molecule has 6 nitrogen and oxygen atoms in total. The molecule has 3 heterocycles. The zero-order valence-corrected chi connectivity index (χ0v) is 12.4. The predicted octanol–water partition coefficient (Wildman–Crippen LogP) is 1.49. The Labute approximate surface area is 128 Å². The van der Waals surface area contributed by atoms with Crippen molar-refractivity contribution in [2.45, 2.75) is 50.3 Å². The summed E-state index contributed by atoms with van der Waals surface area (Å²) in [6, 6.07) is 8.87. The number of fused-ring (bicyclic) bond motifs is 4. The van der Waals surface area contributed by atoms with Crippen molar-refractivity contribution in [1.29, 1.82) is 0 Å². The molecule has 5 atom stereocenters. The van der Waals surface area contributed by atoms with Crippen molar-refractivity contribution in [3.63, 3.8) is 0 Å². The van der Waals surface area contributed by atoms with Gasteiger partial charge in [-0.15, -0.1) is 0 Å². The van der Waals surface area contributed by atoms with Crippen LogP contribution >= 0.6 is 0 Å². The van der Waals surface area contributed by atoms with Crippen LogP contribution in [0.2, 0.25) is 0 Å². The summed E-state index contributed by atoms with van der Waals surface area (Å²) in [5.41, 5.74) is 0.498. The van der Waals surface area contributed by atoms with E-state index < -0.39 is 24.2 Å². The molecule has 118 valence electrons. The average molecular weight is 306 g/mol. The molecule has 3 aliphatic heterocycles. The Morgan fingerprint density at radius 1 is 1.18 bits per heavy atom. The molecule has 1 aromatic carbocycles. The summed E-state index contributed by atoms with van der Waals surface area (Å²) in [4.78, 5) is 12.3. The van der Waals surface area contributed by atoms with Gasteiger partial charge < -0.3 is 23.7 Å². The largest absolute Gasteiger partial charge is 0.453 e. The van der Waals surface area contributed by atoms with E-state index >= 15 is 0 Å². The molecule has 0 aromatic heterocycles. The minimum atomic E-state index is -0.746. The van der Waals surface area contributed by atoms with E-state index in [0.29, 0.717) is 12.2 Å². The summed E-state index contributed by atoms with van der Waals surface area (Å²) in [7, 11) is 0. The molecule has 1 aromatic rings. The van der Waals surface area contributed by atoms with E-state index in [0.717, 1.165) is 0 Å². The van der Waals surface area contributed by atoms with Gasteiger partial charge >= 0.3 is 5.97 Å². The third kappa shape index (κ3) is 2.32. The van der Waals surface area contributed by atoms with Crippen molar-refractivity contribution in [2.75, 3.05) is 6.61 Å². The smallest absolute Gasteiger partial charge is 0.338 e. The van der Waals surface area contributed by atoms with Crippen LogP contribution < -0.4 is 0 Å². The van der Waals surface area contributed by atoms with E-state index in [9.17, 15) is 4.79 Å². The van der Waals surface area contributed by atoms with E-state index in [4.69, 9.17) is 23.7 Å². The number of carbonyl (C=O) groups excluding carboxylic acids is 1. The summed E-state index contributed by atoms with van der Waals surface area (Å²) in [5, 5.41) is 0. The second-order valence-electron chi connectivity index (χ2n) is 6.18. The van der Waals surface area contributed by atoms with E-state index in [-0.39, 0.29) is 18.3 Å². The fourth-order valence-electron chi connectivity index (χ4n) is 3.19. The van der Waals surface area contributed by atoms with Crippen LogP contribution in [-0.4, -0.2) is 49.1 Å². The number of benzene rings is 1. The maximum Gasteiger partial charge on any atom is 0.338 e. The van der Waals surface area contributed by atoms with Crippen LogP contribution in [0.3, 0.4) is 0 Å². The number of hydrogen-bond donors (Lipinski definition) is 0. The topological polar surface area (TPSA) is 63.2 Å². The summed E-state index contributed by atoms with van der Waals surface area (Å²) in [6.45, 7) is 4.03. The SMILES string of the molecule is CC1(C)O[C@@H]2[C@H](O1)[C@@H]1OC[C@@H](O1)[C@H]2OC(=O)c1ccccc1. The van der Waals surface area contributed by atoms with Gasteiger partial charge in [0.15, 0.2) is 18.2 Å². The Morgan fingerprint density at radius 2 is 1.91 bits per heavy atom. The van der Waals surface area contributed by atoms with Gasteiger partial charge in [-0.1, -0.05) is 18.2 Å². The van der Waals surface area contributed by atoms with Crippen molar-refractivity contribution >= 4 is 5.97 Å². The van der Waals surface area contributed by atoms with E-state index in [1.165, 1.54) is 0 Å². The molecule has 0 aliphatic carbocycles. The first-order valence-corrected chi connectivity index (χ1v) is 7.42. The van der Waals surface area contributed by atoms with Crippen LogP contribution in [0.25, 0.3) is 0 Å². The third-order valence-electron chi connectivity index (χ3n) is 4.11. The second-order valence-corrected chi connectivity index (χ2v) is 6.18. The quantitative estimate of drug-likeness (QED) is 0.771. The van der Waals surface area contributed by atoms with Crippen molar-refractivity contribution in [1.82, 2.24) is 0 Å². The molecule has 3 fully saturated rings. The van der Waals surface area contributed by atoms with Gasteiger partial charge in [0.25, 0.3) is 0 Å². The van der Waals surface area contributed by atoms with E-state index in [2.05, 4.69) is 0 Å². The van der Waals surface area contributed by atoms with E-state index in [1.54, 1.807) is 24.3 Å². The molecule has 22 heavy (non-hydrogen) atoms. The lowest BCUT2D eigenvalue weighted by molar-refractivity contribution is -0.198. The van der Waals surface area contributed by atoms with Crippen LogP contribution in [0.5, 0.6) is 0 Å². The number of carbonyl (C=O) groups is 1. The first kappa shape index (κ1) is 14.1. The van der Waals surface area contributed by atoms with Crippen LogP contribution in [-0.2, 0) is 23.7 Å². The molecule has 4 rings (SSSR count). The number of hydrogen-bond acceptors (Lipinski definition) is 6. The fraction of sp³-hybridized carbons (Fsp3) is 0.562. The molecular weight excluding hydrogens is 288 g/mol. The molecule has 6 heteroatoms. The Balaban J connectivity index is 1.56. The summed E-state index contributed by atoms with van der Waals surface area (Å²) in [5.74, 6) is -1.14. The number of ether oxygens (including phenoxy) is 5. The maximum atomic E-state index is 12.3. The molecule has 0 spiro atoms.